The lowest BCUT2D eigenvalue weighted by Gasteiger charge is -2.35. The first kappa shape index (κ1) is 19.8. The summed E-state index contributed by atoms with van der Waals surface area (Å²) in [4.78, 5) is 45.0. The third-order valence-electron chi connectivity index (χ3n) is 3.43. The van der Waals surface area contributed by atoms with Gasteiger partial charge in [0.25, 0.3) is 0 Å². The zero-order valence-electron chi connectivity index (χ0n) is 14.2. The van der Waals surface area contributed by atoms with Gasteiger partial charge in [0.1, 0.15) is 32.5 Å². The fraction of sp³-hybridized carbons (Fsp3) is 0.375. The average molecular weight is 381 g/mol. The molecular formula is C16H19N3O8. The Bertz CT molecular complexity index is 682. The predicted octanol–water partition coefficient (Wildman–Crippen LogP) is 0.0283. The van der Waals surface area contributed by atoms with Crippen molar-refractivity contribution in [3.05, 3.63) is 35.9 Å². The summed E-state index contributed by atoms with van der Waals surface area (Å²) >= 11 is 0. The van der Waals surface area contributed by atoms with Crippen molar-refractivity contribution in [2.24, 2.45) is 5.73 Å². The van der Waals surface area contributed by atoms with Gasteiger partial charge in [0.15, 0.2) is 0 Å². The number of hydrogen-bond donors (Lipinski definition) is 3. The van der Waals surface area contributed by atoms with Crippen molar-refractivity contribution in [3.8, 4) is 0 Å². The molecule has 11 heteroatoms. The second kappa shape index (κ2) is 9.85. The molecule has 0 radical (unpaired) electrons. The van der Waals surface area contributed by atoms with Gasteiger partial charge in [0, 0.05) is 0 Å². The highest BCUT2D eigenvalue weighted by Crippen LogP contribution is 2.08. The van der Waals surface area contributed by atoms with E-state index in [4.69, 9.17) is 15.2 Å². The van der Waals surface area contributed by atoms with Gasteiger partial charge in [-0.3, -0.25) is 4.79 Å². The minimum Gasteiger partial charge on any atom is -0.446 e. The number of primary amides is 1. The van der Waals surface area contributed by atoms with Crippen LogP contribution < -0.4 is 16.4 Å². The Hall–Kier alpha value is -3.50. The molecule has 0 bridgehead atoms. The van der Waals surface area contributed by atoms with Gasteiger partial charge in [-0.05, 0) is 5.56 Å². The second-order valence-corrected chi connectivity index (χ2v) is 5.38. The van der Waals surface area contributed by atoms with Crippen molar-refractivity contribution >= 4 is 24.2 Å². The second-order valence-electron chi connectivity index (χ2n) is 5.38. The summed E-state index contributed by atoms with van der Waals surface area (Å²) < 4.78 is 18.8. The van der Waals surface area contributed by atoms with E-state index in [-0.39, 0.29) is 26.4 Å². The Morgan fingerprint density at radius 2 is 1.74 bits per heavy atom. The van der Waals surface area contributed by atoms with Gasteiger partial charge < -0.3 is 35.3 Å². The topological polar surface area (TPSA) is 155 Å². The zero-order valence-corrected chi connectivity index (χ0v) is 14.2. The van der Waals surface area contributed by atoms with E-state index < -0.39 is 36.3 Å². The van der Waals surface area contributed by atoms with Crippen LogP contribution in [0.25, 0.3) is 0 Å². The first-order valence-corrected chi connectivity index (χ1v) is 7.95. The van der Waals surface area contributed by atoms with E-state index in [1.165, 1.54) is 0 Å². The number of alkyl carbamates (subject to hydrolysis) is 1. The van der Waals surface area contributed by atoms with Crippen molar-refractivity contribution in [2.45, 2.75) is 18.7 Å². The molecule has 2 rings (SSSR count). The maximum absolute atomic E-state index is 11.8. The van der Waals surface area contributed by atoms with Crippen LogP contribution in [0.3, 0.4) is 0 Å². The van der Waals surface area contributed by atoms with Crippen LogP contribution in [0.5, 0.6) is 0 Å². The highest BCUT2D eigenvalue weighted by Gasteiger charge is 2.41. The Labute approximate surface area is 154 Å². The lowest BCUT2D eigenvalue weighted by molar-refractivity contribution is -0.133. The molecule has 1 aliphatic rings. The SMILES string of the molecule is NC(=O)OCCOC(=O)OC[C@H]1NC(=O)[C@H]1NC(=O)OCc1ccccc1. The standard InChI is InChI=1S/C16H19N3O8/c17-14(21)24-6-7-25-16(23)27-9-11-12(13(20)18-11)19-15(22)26-8-10-4-2-1-3-5-10/h1-5,11-12H,6-9H2,(H2,17,21)(H,18,20)(H,19,22)/t11-,12+/m1/s1. The van der Waals surface area contributed by atoms with Crippen LogP contribution in [0.15, 0.2) is 30.3 Å². The molecule has 0 aromatic heterocycles. The van der Waals surface area contributed by atoms with Crippen molar-refractivity contribution in [1.82, 2.24) is 10.6 Å². The van der Waals surface area contributed by atoms with Gasteiger partial charge in [-0.1, -0.05) is 30.3 Å². The molecule has 0 saturated carbocycles. The number of nitrogens with one attached hydrogen (secondary N) is 2. The highest BCUT2D eigenvalue weighted by atomic mass is 16.7. The van der Waals surface area contributed by atoms with Gasteiger partial charge in [0.05, 0.1) is 6.04 Å². The number of ether oxygens (including phenoxy) is 4. The number of carbonyl (C=O) groups is 4. The molecule has 3 amide bonds. The van der Waals surface area contributed by atoms with Crippen LogP contribution in [0.4, 0.5) is 14.4 Å². The summed E-state index contributed by atoms with van der Waals surface area (Å²) in [5.74, 6) is -0.427. The molecule has 1 aliphatic heterocycles. The van der Waals surface area contributed by atoms with E-state index in [1.807, 2.05) is 18.2 Å². The first-order valence-electron chi connectivity index (χ1n) is 7.95. The molecule has 0 spiro atoms. The van der Waals surface area contributed by atoms with E-state index in [0.717, 1.165) is 5.56 Å². The van der Waals surface area contributed by atoms with Crippen LogP contribution in [0.1, 0.15) is 5.56 Å². The Morgan fingerprint density at radius 1 is 1.04 bits per heavy atom. The van der Waals surface area contributed by atoms with E-state index >= 15 is 0 Å². The molecule has 1 aromatic carbocycles. The third-order valence-corrected chi connectivity index (χ3v) is 3.43. The number of nitrogens with two attached hydrogens (primary N) is 1. The minimum atomic E-state index is -1.02. The molecule has 2 atom stereocenters. The number of β-lactam (4-membered cyclic amide) rings is 1. The molecule has 4 N–H and O–H groups in total. The molecule has 1 aromatic rings. The number of carbonyl (C=O) groups excluding carboxylic acids is 4. The lowest BCUT2D eigenvalue weighted by atomic mass is 10.0. The fourth-order valence-electron chi connectivity index (χ4n) is 2.10. The molecular weight excluding hydrogens is 362 g/mol. The van der Waals surface area contributed by atoms with Gasteiger partial charge in [-0.25, -0.2) is 14.4 Å². The van der Waals surface area contributed by atoms with Gasteiger partial charge in [-0.15, -0.1) is 0 Å². The monoisotopic (exact) mass is 381 g/mol. The van der Waals surface area contributed by atoms with E-state index in [1.54, 1.807) is 12.1 Å². The Kier molecular flexibility index (Phi) is 7.23. The molecule has 1 fully saturated rings. The molecule has 1 saturated heterocycles. The first-order chi connectivity index (χ1) is 13.0. The fourth-order valence-corrected chi connectivity index (χ4v) is 2.10. The maximum Gasteiger partial charge on any atom is 0.508 e. The smallest absolute Gasteiger partial charge is 0.446 e. The number of benzene rings is 1. The quantitative estimate of drug-likeness (QED) is 0.246. The normalized spacial score (nSPS) is 17.7. The Morgan fingerprint density at radius 3 is 2.41 bits per heavy atom. The minimum absolute atomic E-state index is 0.0574. The molecule has 27 heavy (non-hydrogen) atoms. The van der Waals surface area contributed by atoms with Crippen molar-refractivity contribution < 1.29 is 38.1 Å². The molecule has 0 aliphatic carbocycles. The van der Waals surface area contributed by atoms with E-state index in [0.29, 0.717) is 0 Å². The Balaban J connectivity index is 1.65. The van der Waals surface area contributed by atoms with E-state index in [2.05, 4.69) is 20.1 Å². The van der Waals surface area contributed by atoms with Crippen molar-refractivity contribution in [1.29, 1.82) is 0 Å². The number of amides is 3. The number of hydrogen-bond acceptors (Lipinski definition) is 8. The average Bonchev–Trinajstić information content (AvgIpc) is 2.65. The van der Waals surface area contributed by atoms with Gasteiger partial charge >= 0.3 is 18.3 Å². The summed E-state index contributed by atoms with van der Waals surface area (Å²) in [6.45, 7) is -0.596. The summed E-state index contributed by atoms with van der Waals surface area (Å²) in [7, 11) is 0. The van der Waals surface area contributed by atoms with E-state index in [9.17, 15) is 19.2 Å². The van der Waals surface area contributed by atoms with Crippen molar-refractivity contribution in [2.75, 3.05) is 19.8 Å². The highest BCUT2D eigenvalue weighted by molar-refractivity contribution is 5.92. The molecule has 11 nitrogen and oxygen atoms in total. The van der Waals surface area contributed by atoms with Crippen LogP contribution in [-0.2, 0) is 30.3 Å². The summed E-state index contributed by atoms with van der Waals surface area (Å²) in [6.07, 6.45) is -2.78. The largest absolute Gasteiger partial charge is 0.508 e. The summed E-state index contributed by atoms with van der Waals surface area (Å²) in [5, 5.41) is 4.88. The van der Waals surface area contributed by atoms with Crippen LogP contribution in [-0.4, -0.2) is 56.2 Å². The van der Waals surface area contributed by atoms with Crippen LogP contribution in [0.2, 0.25) is 0 Å². The third kappa shape index (κ3) is 6.72. The molecule has 146 valence electrons. The van der Waals surface area contributed by atoms with Crippen molar-refractivity contribution in [3.63, 3.8) is 0 Å². The van der Waals surface area contributed by atoms with Crippen LogP contribution >= 0.6 is 0 Å². The van der Waals surface area contributed by atoms with Crippen LogP contribution in [0, 0.1) is 0 Å². The molecule has 0 unspecified atom stereocenters. The summed E-state index contributed by atoms with van der Waals surface area (Å²) in [6, 6.07) is 7.53. The lowest BCUT2D eigenvalue weighted by Crippen LogP contribution is -2.70. The summed E-state index contributed by atoms with van der Waals surface area (Å²) in [5.41, 5.74) is 5.54. The zero-order chi connectivity index (χ0) is 19.6. The van der Waals surface area contributed by atoms with Gasteiger partial charge in [-0.2, -0.15) is 0 Å². The number of rotatable bonds is 8. The molecule has 1 heterocycles. The predicted molar refractivity (Wildman–Crippen MR) is 88.3 cm³/mol. The van der Waals surface area contributed by atoms with Gasteiger partial charge in [0.2, 0.25) is 5.91 Å². The maximum atomic E-state index is 11.8.